The van der Waals surface area contributed by atoms with E-state index in [1.165, 1.54) is 0 Å². The lowest BCUT2D eigenvalue weighted by molar-refractivity contribution is 1.23. The Hall–Kier alpha value is -4.09. The van der Waals surface area contributed by atoms with Gasteiger partial charge in [0.25, 0.3) is 0 Å². The van der Waals surface area contributed by atoms with Crippen molar-refractivity contribution in [1.82, 2.24) is 4.98 Å². The van der Waals surface area contributed by atoms with Gasteiger partial charge < -0.3 is 0 Å². The minimum absolute atomic E-state index is 0.620. The molecule has 0 aliphatic heterocycles. The van der Waals surface area contributed by atoms with Gasteiger partial charge in [-0.1, -0.05) is 6.07 Å². The molecule has 30 heavy (non-hydrogen) atoms. The minimum atomic E-state index is 0.620. The number of nitriles is 2. The van der Waals surface area contributed by atoms with E-state index in [-0.39, 0.29) is 0 Å². The van der Waals surface area contributed by atoms with Gasteiger partial charge in [0.05, 0.1) is 57.5 Å². The fraction of sp³-hybridized carbons (Fsp3) is 0.160. The predicted octanol–water partition coefficient (Wildman–Crippen LogP) is 5.72. The summed E-state index contributed by atoms with van der Waals surface area (Å²) in [6.45, 7) is 7.71. The second-order valence-corrected chi connectivity index (χ2v) is 7.03. The molecule has 1 heterocycles. The first-order chi connectivity index (χ1) is 14.4. The number of benzene rings is 2. The number of pyridine rings is 1. The number of rotatable bonds is 4. The van der Waals surface area contributed by atoms with Gasteiger partial charge in [0, 0.05) is 0 Å². The maximum Gasteiger partial charge on any atom is 0.0991 e. The van der Waals surface area contributed by atoms with E-state index >= 15 is 0 Å². The molecule has 0 aliphatic carbocycles. The lowest BCUT2D eigenvalue weighted by Crippen LogP contribution is -2.05. The van der Waals surface area contributed by atoms with Crippen LogP contribution < -0.4 is 0 Å². The van der Waals surface area contributed by atoms with Crippen molar-refractivity contribution in [2.45, 2.75) is 27.7 Å². The summed E-state index contributed by atoms with van der Waals surface area (Å²) < 4.78 is 0. The van der Waals surface area contributed by atoms with Crippen LogP contribution in [-0.4, -0.2) is 16.4 Å². The Kier molecular flexibility index (Phi) is 6.15. The van der Waals surface area contributed by atoms with Crippen molar-refractivity contribution in [3.63, 3.8) is 0 Å². The highest BCUT2D eigenvalue weighted by Gasteiger charge is 2.07. The van der Waals surface area contributed by atoms with Crippen LogP contribution in [0.4, 0.5) is 11.4 Å². The van der Waals surface area contributed by atoms with Gasteiger partial charge in [-0.2, -0.15) is 10.5 Å². The Morgan fingerprint density at radius 2 is 1.17 bits per heavy atom. The molecule has 0 aliphatic rings. The largest absolute Gasteiger partial charge is 0.251 e. The molecule has 0 spiro atoms. The molecule has 0 radical (unpaired) electrons. The van der Waals surface area contributed by atoms with Crippen molar-refractivity contribution < 1.29 is 0 Å². The van der Waals surface area contributed by atoms with Gasteiger partial charge in [0.2, 0.25) is 0 Å². The van der Waals surface area contributed by atoms with E-state index in [0.29, 0.717) is 11.1 Å². The van der Waals surface area contributed by atoms with E-state index in [4.69, 9.17) is 25.5 Å². The summed E-state index contributed by atoms with van der Waals surface area (Å²) >= 11 is 0. The smallest absolute Gasteiger partial charge is 0.0991 e. The molecular weight excluding hydrogens is 370 g/mol. The molecule has 0 atom stereocenters. The van der Waals surface area contributed by atoms with Gasteiger partial charge in [-0.15, -0.1) is 0 Å². The highest BCUT2D eigenvalue weighted by Crippen LogP contribution is 2.22. The normalized spacial score (nSPS) is 11.7. The summed E-state index contributed by atoms with van der Waals surface area (Å²) in [5.41, 5.74) is 7.86. The van der Waals surface area contributed by atoms with E-state index in [9.17, 15) is 0 Å². The van der Waals surface area contributed by atoms with Gasteiger partial charge >= 0.3 is 0 Å². The van der Waals surface area contributed by atoms with Crippen LogP contribution in [0.25, 0.3) is 0 Å². The number of aliphatic imine (C=N–C) groups is 2. The van der Waals surface area contributed by atoms with E-state index in [1.807, 2.05) is 70.2 Å². The molecule has 0 amide bonds. The molecule has 1 aromatic heterocycles. The Bertz CT molecular complexity index is 1160. The van der Waals surface area contributed by atoms with Crippen LogP contribution in [-0.2, 0) is 0 Å². The maximum atomic E-state index is 9.02. The molecule has 0 unspecified atom stereocenters. The van der Waals surface area contributed by atoms with Crippen LogP contribution in [0.3, 0.4) is 0 Å². The first-order valence-corrected chi connectivity index (χ1v) is 9.51. The molecular formula is C25H21N5. The molecule has 0 saturated heterocycles. The highest BCUT2D eigenvalue weighted by molar-refractivity contribution is 6.02. The molecule has 146 valence electrons. The number of hydrogen-bond acceptors (Lipinski definition) is 5. The van der Waals surface area contributed by atoms with E-state index in [2.05, 4.69) is 12.1 Å². The molecule has 3 rings (SSSR count). The molecule has 0 saturated carbocycles. The van der Waals surface area contributed by atoms with Crippen LogP contribution >= 0.6 is 0 Å². The van der Waals surface area contributed by atoms with Crippen LogP contribution in [0.1, 0.15) is 47.5 Å². The van der Waals surface area contributed by atoms with Gasteiger partial charge in [-0.05, 0) is 87.4 Å². The number of nitrogens with zero attached hydrogens (tertiary/aromatic N) is 5. The first-order valence-electron chi connectivity index (χ1n) is 9.51. The lowest BCUT2D eigenvalue weighted by atomic mass is 10.1. The Balaban J connectivity index is 1.92. The Morgan fingerprint density at radius 3 is 1.53 bits per heavy atom. The zero-order valence-corrected chi connectivity index (χ0v) is 17.4. The monoisotopic (exact) mass is 391 g/mol. The first kappa shape index (κ1) is 20.6. The minimum Gasteiger partial charge on any atom is -0.251 e. The second kappa shape index (κ2) is 8.94. The Morgan fingerprint density at radius 1 is 0.733 bits per heavy atom. The number of aryl methyl sites for hydroxylation is 2. The SMILES string of the molecule is CC(=Nc1ccc(C#N)cc1C)c1cccc(C(C)=Nc2ccc(C#N)cc2C)n1. The van der Waals surface area contributed by atoms with Crippen molar-refractivity contribution in [1.29, 1.82) is 10.5 Å². The van der Waals surface area contributed by atoms with Gasteiger partial charge in [0.15, 0.2) is 0 Å². The number of hydrogen-bond donors (Lipinski definition) is 0. The van der Waals surface area contributed by atoms with Gasteiger partial charge in [-0.3, -0.25) is 9.98 Å². The summed E-state index contributed by atoms with van der Waals surface area (Å²) in [5.74, 6) is 0. The highest BCUT2D eigenvalue weighted by atomic mass is 14.8. The van der Waals surface area contributed by atoms with Crippen LogP contribution in [0.15, 0.2) is 64.6 Å². The van der Waals surface area contributed by atoms with Crippen molar-refractivity contribution in [3.8, 4) is 12.1 Å². The van der Waals surface area contributed by atoms with Gasteiger partial charge in [-0.25, -0.2) is 4.98 Å². The van der Waals surface area contributed by atoms with Crippen molar-refractivity contribution in [2.24, 2.45) is 9.98 Å². The zero-order valence-electron chi connectivity index (χ0n) is 17.4. The third-order valence-electron chi connectivity index (χ3n) is 4.72. The lowest BCUT2D eigenvalue weighted by Gasteiger charge is -2.07. The van der Waals surface area contributed by atoms with Crippen molar-refractivity contribution in [3.05, 3.63) is 88.2 Å². The second-order valence-electron chi connectivity index (χ2n) is 7.03. The fourth-order valence-corrected chi connectivity index (χ4v) is 3.01. The average Bonchev–Trinajstić information content (AvgIpc) is 2.76. The van der Waals surface area contributed by atoms with E-state index < -0.39 is 0 Å². The third-order valence-corrected chi connectivity index (χ3v) is 4.72. The fourth-order valence-electron chi connectivity index (χ4n) is 3.01. The molecule has 2 aromatic carbocycles. The average molecular weight is 391 g/mol. The van der Waals surface area contributed by atoms with Crippen LogP contribution in [0.5, 0.6) is 0 Å². The molecule has 5 nitrogen and oxygen atoms in total. The summed E-state index contributed by atoms with van der Waals surface area (Å²) in [7, 11) is 0. The standard InChI is InChI=1S/C25H21N5/c1-16-12-20(14-26)8-10-22(16)28-18(3)24-6-5-7-25(30-24)19(4)29-23-11-9-21(15-27)13-17(23)2/h5-13H,1-4H3. The van der Waals surface area contributed by atoms with Crippen molar-refractivity contribution >= 4 is 22.8 Å². The molecule has 5 heteroatoms. The molecule has 0 bridgehead atoms. The summed E-state index contributed by atoms with van der Waals surface area (Å²) in [5, 5.41) is 18.0. The molecule has 0 fully saturated rings. The van der Waals surface area contributed by atoms with E-state index in [1.54, 1.807) is 12.1 Å². The summed E-state index contributed by atoms with van der Waals surface area (Å²) in [6.07, 6.45) is 0. The summed E-state index contributed by atoms with van der Waals surface area (Å²) in [6, 6.07) is 20.9. The number of aromatic nitrogens is 1. The third kappa shape index (κ3) is 4.66. The van der Waals surface area contributed by atoms with E-state index in [0.717, 1.165) is 45.3 Å². The molecule has 0 N–H and O–H groups in total. The summed E-state index contributed by atoms with van der Waals surface area (Å²) in [4.78, 5) is 14.1. The predicted molar refractivity (Wildman–Crippen MR) is 120 cm³/mol. The zero-order chi connectivity index (χ0) is 21.7. The van der Waals surface area contributed by atoms with Crippen LogP contribution in [0, 0.1) is 36.5 Å². The van der Waals surface area contributed by atoms with Gasteiger partial charge in [0.1, 0.15) is 0 Å². The quantitative estimate of drug-likeness (QED) is 0.533. The topological polar surface area (TPSA) is 85.2 Å². The van der Waals surface area contributed by atoms with Crippen molar-refractivity contribution in [2.75, 3.05) is 0 Å². The van der Waals surface area contributed by atoms with Crippen LogP contribution in [0.2, 0.25) is 0 Å². The molecule has 3 aromatic rings. The Labute approximate surface area is 176 Å². The maximum absolute atomic E-state index is 9.02.